The van der Waals surface area contributed by atoms with Gasteiger partial charge in [0.1, 0.15) is 12.7 Å². The first-order chi connectivity index (χ1) is 11.1. The maximum atomic E-state index is 10.4. The monoisotopic (exact) mass is 323 g/mol. The number of methoxy groups -OCH3 is 2. The molecule has 1 aliphatic rings. The average Bonchev–Trinajstić information content (AvgIpc) is 2.56. The lowest BCUT2D eigenvalue weighted by molar-refractivity contribution is 0.0200. The van der Waals surface area contributed by atoms with Crippen LogP contribution in [0.4, 0.5) is 0 Å². The molecule has 1 saturated heterocycles. The summed E-state index contributed by atoms with van der Waals surface area (Å²) in [6.45, 7) is 5.30. The molecule has 1 aliphatic heterocycles. The molecule has 1 fully saturated rings. The number of para-hydroxylation sites is 1. The van der Waals surface area contributed by atoms with Crippen molar-refractivity contribution in [3.05, 3.63) is 18.2 Å². The molecule has 0 aromatic heterocycles. The van der Waals surface area contributed by atoms with Crippen LogP contribution >= 0.6 is 0 Å². The second-order valence-corrected chi connectivity index (χ2v) is 6.28. The Morgan fingerprint density at radius 1 is 1.13 bits per heavy atom. The van der Waals surface area contributed by atoms with Gasteiger partial charge in [0.15, 0.2) is 11.5 Å². The third kappa shape index (κ3) is 4.52. The Balaban J connectivity index is 1.95. The van der Waals surface area contributed by atoms with Crippen LogP contribution < -0.4 is 14.2 Å². The van der Waals surface area contributed by atoms with Gasteiger partial charge in [0, 0.05) is 18.6 Å². The molecule has 0 spiro atoms. The second kappa shape index (κ2) is 8.41. The molecule has 0 unspecified atom stereocenters. The largest absolute Gasteiger partial charge is 0.493 e. The molecule has 130 valence electrons. The molecule has 5 nitrogen and oxygen atoms in total. The molecule has 1 N–H and O–H groups in total. The van der Waals surface area contributed by atoms with Crippen molar-refractivity contribution in [3.63, 3.8) is 0 Å². The van der Waals surface area contributed by atoms with Crippen LogP contribution in [0.15, 0.2) is 18.2 Å². The summed E-state index contributed by atoms with van der Waals surface area (Å²) in [6, 6.07) is 6.50. The molecule has 0 bridgehead atoms. The van der Waals surface area contributed by atoms with Crippen molar-refractivity contribution in [2.75, 3.05) is 27.4 Å². The SMILES string of the molecule is COc1cccc(OC)c1OC[C@@H](O)CN1[C@@H](C)CCC[C@@H]1C. The molecule has 1 aromatic rings. The summed E-state index contributed by atoms with van der Waals surface area (Å²) in [6.07, 6.45) is 3.10. The number of piperidine rings is 1. The number of hydrogen-bond donors (Lipinski definition) is 1. The molecular formula is C18H29NO4. The first-order valence-corrected chi connectivity index (χ1v) is 8.34. The lowest BCUT2D eigenvalue weighted by Gasteiger charge is -2.40. The summed E-state index contributed by atoms with van der Waals surface area (Å²) < 4.78 is 16.4. The van der Waals surface area contributed by atoms with Crippen LogP contribution in [0.5, 0.6) is 17.2 Å². The third-order valence-corrected chi connectivity index (χ3v) is 4.60. The predicted octanol–water partition coefficient (Wildman–Crippen LogP) is 2.71. The van der Waals surface area contributed by atoms with Crippen molar-refractivity contribution in [2.45, 2.75) is 51.3 Å². The average molecular weight is 323 g/mol. The van der Waals surface area contributed by atoms with Gasteiger partial charge >= 0.3 is 0 Å². The molecule has 0 aliphatic carbocycles. The van der Waals surface area contributed by atoms with E-state index in [1.54, 1.807) is 14.2 Å². The minimum atomic E-state index is -0.549. The van der Waals surface area contributed by atoms with E-state index in [-0.39, 0.29) is 6.61 Å². The van der Waals surface area contributed by atoms with Gasteiger partial charge in [0.25, 0.3) is 0 Å². The zero-order valence-corrected chi connectivity index (χ0v) is 14.6. The summed E-state index contributed by atoms with van der Waals surface area (Å²) in [5.41, 5.74) is 0. The van der Waals surface area contributed by atoms with Crippen molar-refractivity contribution < 1.29 is 19.3 Å². The molecule has 1 aromatic carbocycles. The normalized spacial score (nSPS) is 23.3. The number of ether oxygens (including phenoxy) is 3. The van der Waals surface area contributed by atoms with Crippen LogP contribution in [0.1, 0.15) is 33.1 Å². The van der Waals surface area contributed by atoms with E-state index in [1.807, 2.05) is 18.2 Å². The second-order valence-electron chi connectivity index (χ2n) is 6.28. The van der Waals surface area contributed by atoms with Crippen LogP contribution in [-0.4, -0.2) is 55.6 Å². The number of nitrogens with zero attached hydrogens (tertiary/aromatic N) is 1. The highest BCUT2D eigenvalue weighted by Crippen LogP contribution is 2.36. The van der Waals surface area contributed by atoms with E-state index in [2.05, 4.69) is 18.7 Å². The maximum Gasteiger partial charge on any atom is 0.203 e. The Hall–Kier alpha value is -1.46. The van der Waals surface area contributed by atoms with Gasteiger partial charge in [0.05, 0.1) is 14.2 Å². The standard InChI is InChI=1S/C18H29NO4/c1-13-7-5-8-14(2)19(13)11-15(20)12-23-18-16(21-3)9-6-10-17(18)22-4/h6,9-10,13-15,20H,5,7-8,11-12H2,1-4H3/t13-,14-,15-/m0/s1. The van der Waals surface area contributed by atoms with E-state index in [4.69, 9.17) is 14.2 Å². The number of aliphatic hydroxyl groups excluding tert-OH is 1. The molecule has 23 heavy (non-hydrogen) atoms. The Morgan fingerprint density at radius 3 is 2.22 bits per heavy atom. The fourth-order valence-corrected chi connectivity index (χ4v) is 3.27. The van der Waals surface area contributed by atoms with Crippen LogP contribution in [0.2, 0.25) is 0 Å². The quantitative estimate of drug-likeness (QED) is 0.836. The minimum Gasteiger partial charge on any atom is -0.493 e. The Labute approximate surface area is 139 Å². The smallest absolute Gasteiger partial charge is 0.203 e. The highest BCUT2D eigenvalue weighted by atomic mass is 16.5. The van der Waals surface area contributed by atoms with Crippen molar-refractivity contribution in [3.8, 4) is 17.2 Å². The molecule has 1 heterocycles. The molecule has 3 atom stereocenters. The van der Waals surface area contributed by atoms with E-state index >= 15 is 0 Å². The fraction of sp³-hybridized carbons (Fsp3) is 0.667. The number of aliphatic hydroxyl groups is 1. The summed E-state index contributed by atoms with van der Waals surface area (Å²) in [5.74, 6) is 1.75. The predicted molar refractivity (Wildman–Crippen MR) is 90.5 cm³/mol. The van der Waals surface area contributed by atoms with Gasteiger partial charge in [-0.2, -0.15) is 0 Å². The van der Waals surface area contributed by atoms with E-state index < -0.39 is 6.10 Å². The van der Waals surface area contributed by atoms with Crippen LogP contribution in [0, 0.1) is 0 Å². The molecule has 0 radical (unpaired) electrons. The third-order valence-electron chi connectivity index (χ3n) is 4.60. The fourth-order valence-electron chi connectivity index (χ4n) is 3.27. The first-order valence-electron chi connectivity index (χ1n) is 8.34. The Bertz CT molecular complexity index is 462. The van der Waals surface area contributed by atoms with Crippen LogP contribution in [-0.2, 0) is 0 Å². The van der Waals surface area contributed by atoms with E-state index in [0.29, 0.717) is 35.9 Å². The van der Waals surface area contributed by atoms with Gasteiger partial charge in [-0.15, -0.1) is 0 Å². The topological polar surface area (TPSA) is 51.2 Å². The Morgan fingerprint density at radius 2 is 1.70 bits per heavy atom. The lowest BCUT2D eigenvalue weighted by atomic mass is 9.97. The van der Waals surface area contributed by atoms with Gasteiger partial charge in [0.2, 0.25) is 5.75 Å². The molecular weight excluding hydrogens is 294 g/mol. The highest BCUT2D eigenvalue weighted by molar-refractivity contribution is 5.51. The Kier molecular flexibility index (Phi) is 6.54. The van der Waals surface area contributed by atoms with Gasteiger partial charge in [-0.3, -0.25) is 4.90 Å². The maximum absolute atomic E-state index is 10.4. The molecule has 5 heteroatoms. The summed E-state index contributed by atoms with van der Waals surface area (Å²) in [4.78, 5) is 2.37. The summed E-state index contributed by atoms with van der Waals surface area (Å²) in [5, 5.41) is 10.4. The van der Waals surface area contributed by atoms with Crippen LogP contribution in [0.25, 0.3) is 0 Å². The molecule has 0 saturated carbocycles. The van der Waals surface area contributed by atoms with Crippen molar-refractivity contribution in [1.82, 2.24) is 4.90 Å². The van der Waals surface area contributed by atoms with Crippen molar-refractivity contribution in [2.24, 2.45) is 0 Å². The van der Waals surface area contributed by atoms with E-state index in [1.165, 1.54) is 19.3 Å². The number of β-amino-alcohol motifs (C(OH)–C–C–N with tert-alkyl or cyclic N) is 1. The van der Waals surface area contributed by atoms with E-state index in [9.17, 15) is 5.11 Å². The summed E-state index contributed by atoms with van der Waals surface area (Å²) >= 11 is 0. The minimum absolute atomic E-state index is 0.215. The van der Waals surface area contributed by atoms with Crippen LogP contribution in [0.3, 0.4) is 0 Å². The van der Waals surface area contributed by atoms with Gasteiger partial charge in [-0.05, 0) is 38.8 Å². The van der Waals surface area contributed by atoms with Gasteiger partial charge in [-0.25, -0.2) is 0 Å². The van der Waals surface area contributed by atoms with E-state index in [0.717, 1.165) is 0 Å². The molecule has 0 amide bonds. The number of likely N-dealkylation sites (tertiary alicyclic amines) is 1. The van der Waals surface area contributed by atoms with Crippen molar-refractivity contribution in [1.29, 1.82) is 0 Å². The van der Waals surface area contributed by atoms with Gasteiger partial charge in [-0.1, -0.05) is 12.5 Å². The van der Waals surface area contributed by atoms with Gasteiger partial charge < -0.3 is 19.3 Å². The lowest BCUT2D eigenvalue weighted by Crippen LogP contribution is -2.48. The highest BCUT2D eigenvalue weighted by Gasteiger charge is 2.26. The number of benzene rings is 1. The zero-order chi connectivity index (χ0) is 16.8. The van der Waals surface area contributed by atoms with Crippen molar-refractivity contribution >= 4 is 0 Å². The molecule has 2 rings (SSSR count). The summed E-state index contributed by atoms with van der Waals surface area (Å²) in [7, 11) is 3.18. The zero-order valence-electron chi connectivity index (χ0n) is 14.6. The number of rotatable bonds is 7. The first kappa shape index (κ1) is 17.9. The number of hydrogen-bond acceptors (Lipinski definition) is 5.